The Morgan fingerprint density at radius 2 is 2.32 bits per heavy atom. The van der Waals surface area contributed by atoms with Gasteiger partial charge in [-0.2, -0.15) is 5.10 Å². The molecule has 2 aliphatic rings. The second kappa shape index (κ2) is 6.10. The van der Waals surface area contributed by atoms with Gasteiger partial charge < -0.3 is 4.74 Å². The van der Waals surface area contributed by atoms with Crippen LogP contribution in [0, 0.1) is 5.92 Å². The molecule has 4 rings (SSSR count). The average Bonchev–Trinajstić information content (AvgIpc) is 3.01. The van der Waals surface area contributed by atoms with E-state index in [1.165, 1.54) is 29.1 Å². The topological polar surface area (TPSA) is 43.2 Å². The number of thiazole rings is 1. The summed E-state index contributed by atoms with van der Waals surface area (Å²) in [6.07, 6.45) is 6.68. The molecule has 5 nitrogen and oxygen atoms in total. The fraction of sp³-hybridized carbons (Fsp3) is 0.625. The minimum atomic E-state index is 0.418. The lowest BCUT2D eigenvalue weighted by Crippen LogP contribution is -2.35. The van der Waals surface area contributed by atoms with E-state index in [4.69, 9.17) is 4.74 Å². The highest BCUT2D eigenvalue weighted by Crippen LogP contribution is 2.34. The van der Waals surface area contributed by atoms with Crippen molar-refractivity contribution in [3.05, 3.63) is 34.0 Å². The van der Waals surface area contributed by atoms with Gasteiger partial charge in [0.1, 0.15) is 5.01 Å². The van der Waals surface area contributed by atoms with Gasteiger partial charge in [-0.05, 0) is 18.8 Å². The maximum absolute atomic E-state index is 5.45. The van der Waals surface area contributed by atoms with E-state index < -0.39 is 0 Å². The van der Waals surface area contributed by atoms with Crippen LogP contribution in [0.3, 0.4) is 0 Å². The Morgan fingerprint density at radius 3 is 3.05 bits per heavy atom. The van der Waals surface area contributed by atoms with Crippen molar-refractivity contribution in [2.75, 3.05) is 20.3 Å². The van der Waals surface area contributed by atoms with Crippen LogP contribution in [0.4, 0.5) is 0 Å². The summed E-state index contributed by atoms with van der Waals surface area (Å²) < 4.78 is 7.69. The molecule has 1 fully saturated rings. The zero-order valence-corrected chi connectivity index (χ0v) is 13.8. The van der Waals surface area contributed by atoms with Gasteiger partial charge in [-0.1, -0.05) is 0 Å². The number of ether oxygens (including phenoxy) is 1. The Morgan fingerprint density at radius 1 is 1.41 bits per heavy atom. The van der Waals surface area contributed by atoms with Crippen LogP contribution < -0.4 is 0 Å². The van der Waals surface area contributed by atoms with Gasteiger partial charge in [0.25, 0.3) is 0 Å². The minimum Gasteiger partial charge on any atom is -0.384 e. The zero-order valence-electron chi connectivity index (χ0n) is 12.9. The van der Waals surface area contributed by atoms with Gasteiger partial charge in [0, 0.05) is 49.8 Å². The van der Waals surface area contributed by atoms with Crippen molar-refractivity contribution in [3.8, 4) is 0 Å². The van der Waals surface area contributed by atoms with Crippen molar-refractivity contribution in [2.45, 2.75) is 38.4 Å². The maximum Gasteiger partial charge on any atom is 0.107 e. The third-order valence-corrected chi connectivity index (χ3v) is 5.38. The summed E-state index contributed by atoms with van der Waals surface area (Å²) in [5.74, 6) is 1.26. The number of rotatable bonds is 6. The third kappa shape index (κ3) is 2.95. The molecule has 3 heterocycles. The largest absolute Gasteiger partial charge is 0.384 e. The Labute approximate surface area is 134 Å². The molecule has 0 radical (unpaired) electrons. The normalized spacial score (nSPS) is 22.0. The molecular formula is C16H22N4OS. The van der Waals surface area contributed by atoms with E-state index in [1.807, 2.05) is 6.20 Å². The maximum atomic E-state index is 5.45. The van der Waals surface area contributed by atoms with Crippen LogP contribution in [0.5, 0.6) is 0 Å². The molecule has 1 aliphatic heterocycles. The van der Waals surface area contributed by atoms with Crippen molar-refractivity contribution >= 4 is 11.3 Å². The molecule has 22 heavy (non-hydrogen) atoms. The van der Waals surface area contributed by atoms with Gasteiger partial charge in [0.05, 0.1) is 25.0 Å². The number of nitrogens with zero attached hydrogens (tertiary/aromatic N) is 4. The molecule has 2 aromatic heterocycles. The van der Waals surface area contributed by atoms with Crippen LogP contribution in [0.1, 0.15) is 35.0 Å². The lowest BCUT2D eigenvalue weighted by atomic mass is 9.95. The van der Waals surface area contributed by atoms with E-state index in [2.05, 4.69) is 31.2 Å². The molecule has 2 aromatic rings. The number of hydrogen-bond donors (Lipinski definition) is 0. The van der Waals surface area contributed by atoms with Crippen molar-refractivity contribution in [1.29, 1.82) is 0 Å². The number of aromatic nitrogens is 3. The molecule has 0 aromatic carbocycles. The Hall–Kier alpha value is -1.24. The fourth-order valence-corrected chi connectivity index (χ4v) is 3.97. The first-order valence-electron chi connectivity index (χ1n) is 7.97. The van der Waals surface area contributed by atoms with E-state index in [-0.39, 0.29) is 0 Å². The summed E-state index contributed by atoms with van der Waals surface area (Å²) in [6.45, 7) is 4.76. The predicted molar refractivity (Wildman–Crippen MR) is 85.8 cm³/mol. The SMILES string of the molecule is COC[C@H]1CN(Cc2nccs2)Cc2c1cnn2CC1CC1. The van der Waals surface area contributed by atoms with E-state index in [1.54, 1.807) is 18.4 Å². The monoisotopic (exact) mass is 318 g/mol. The molecule has 0 spiro atoms. The van der Waals surface area contributed by atoms with Crippen molar-refractivity contribution in [2.24, 2.45) is 5.92 Å². The van der Waals surface area contributed by atoms with E-state index in [9.17, 15) is 0 Å². The molecule has 0 saturated heterocycles. The predicted octanol–water partition coefficient (Wildman–Crippen LogP) is 2.50. The Balaban J connectivity index is 1.56. The highest BCUT2D eigenvalue weighted by Gasteiger charge is 2.31. The first kappa shape index (κ1) is 14.4. The summed E-state index contributed by atoms with van der Waals surface area (Å²) in [5.41, 5.74) is 2.77. The van der Waals surface area contributed by atoms with Crippen LogP contribution in [-0.4, -0.2) is 39.9 Å². The first-order chi connectivity index (χ1) is 10.8. The van der Waals surface area contributed by atoms with Gasteiger partial charge in [-0.3, -0.25) is 9.58 Å². The fourth-order valence-electron chi connectivity index (χ4n) is 3.31. The Bertz CT molecular complexity index is 620. The second-order valence-electron chi connectivity index (χ2n) is 6.42. The summed E-state index contributed by atoms with van der Waals surface area (Å²) >= 11 is 1.73. The zero-order chi connectivity index (χ0) is 14.9. The van der Waals surface area contributed by atoms with E-state index in [0.29, 0.717) is 5.92 Å². The molecule has 1 atom stereocenters. The highest BCUT2D eigenvalue weighted by atomic mass is 32.1. The molecule has 6 heteroatoms. The van der Waals surface area contributed by atoms with Crippen LogP contribution >= 0.6 is 11.3 Å². The average molecular weight is 318 g/mol. The first-order valence-corrected chi connectivity index (χ1v) is 8.85. The third-order valence-electron chi connectivity index (χ3n) is 4.61. The van der Waals surface area contributed by atoms with Crippen molar-refractivity contribution in [3.63, 3.8) is 0 Å². The molecule has 1 saturated carbocycles. The summed E-state index contributed by atoms with van der Waals surface area (Å²) in [6, 6.07) is 0. The molecule has 0 unspecified atom stereocenters. The van der Waals surface area contributed by atoms with E-state index in [0.717, 1.165) is 38.7 Å². The minimum absolute atomic E-state index is 0.418. The molecule has 1 aliphatic carbocycles. The summed E-state index contributed by atoms with van der Waals surface area (Å²) in [7, 11) is 1.79. The van der Waals surface area contributed by atoms with Gasteiger partial charge in [0.2, 0.25) is 0 Å². The van der Waals surface area contributed by atoms with Gasteiger partial charge >= 0.3 is 0 Å². The van der Waals surface area contributed by atoms with Crippen molar-refractivity contribution < 1.29 is 4.74 Å². The smallest absolute Gasteiger partial charge is 0.107 e. The molecule has 0 bridgehead atoms. The molecule has 0 N–H and O–H groups in total. The van der Waals surface area contributed by atoms with Crippen LogP contribution in [0.15, 0.2) is 17.8 Å². The van der Waals surface area contributed by atoms with Gasteiger partial charge in [-0.15, -0.1) is 11.3 Å². The number of hydrogen-bond acceptors (Lipinski definition) is 5. The quantitative estimate of drug-likeness (QED) is 0.821. The molecule has 0 amide bonds. The van der Waals surface area contributed by atoms with Gasteiger partial charge in [0.15, 0.2) is 0 Å². The van der Waals surface area contributed by atoms with E-state index >= 15 is 0 Å². The molecular weight excluding hydrogens is 296 g/mol. The standard InChI is InChI=1S/C16H22N4OS/c1-21-11-13-8-19(10-16-17-4-5-22-16)9-15-14(13)6-18-20(15)7-12-2-3-12/h4-6,12-13H,2-3,7-11H2,1H3/t13-/m1/s1. The van der Waals surface area contributed by atoms with Crippen molar-refractivity contribution in [1.82, 2.24) is 19.7 Å². The summed E-state index contributed by atoms with van der Waals surface area (Å²) in [5, 5.41) is 7.90. The van der Waals surface area contributed by atoms with Gasteiger partial charge in [-0.25, -0.2) is 4.98 Å². The number of methoxy groups -OCH3 is 1. The lowest BCUT2D eigenvalue weighted by Gasteiger charge is -2.32. The van der Waals surface area contributed by atoms with Crippen LogP contribution in [-0.2, 0) is 24.4 Å². The molecule has 118 valence electrons. The van der Waals surface area contributed by atoms with Crippen LogP contribution in [0.2, 0.25) is 0 Å². The summed E-state index contributed by atoms with van der Waals surface area (Å²) in [4.78, 5) is 6.91. The second-order valence-corrected chi connectivity index (χ2v) is 7.40. The highest BCUT2D eigenvalue weighted by molar-refractivity contribution is 7.09. The Kier molecular flexibility index (Phi) is 3.98. The van der Waals surface area contributed by atoms with Crippen LogP contribution in [0.25, 0.3) is 0 Å². The number of fused-ring (bicyclic) bond motifs is 1. The lowest BCUT2D eigenvalue weighted by molar-refractivity contribution is 0.134.